The summed E-state index contributed by atoms with van der Waals surface area (Å²) in [5, 5.41) is 87.8. The quantitative estimate of drug-likeness (QED) is 0.118. The Morgan fingerprint density at radius 2 is 1.80 bits per heavy atom. The smallest absolute Gasteiger partial charge is 0.336 e. The van der Waals surface area contributed by atoms with E-state index in [2.05, 4.69) is 15.0 Å². The highest BCUT2D eigenvalue weighted by molar-refractivity contribution is 6.14. The van der Waals surface area contributed by atoms with Crippen LogP contribution in [-0.2, 0) is 15.1 Å². The van der Waals surface area contributed by atoms with E-state index < -0.39 is 59.0 Å². The zero-order valence-corrected chi connectivity index (χ0v) is 32.4. The first-order chi connectivity index (χ1) is 29.3. The van der Waals surface area contributed by atoms with Crippen LogP contribution in [0.2, 0.25) is 0 Å². The Bertz CT molecular complexity index is 2470. The van der Waals surface area contributed by atoms with Crippen molar-refractivity contribution >= 4 is 35.3 Å². The Labute approximate surface area is 348 Å². The van der Waals surface area contributed by atoms with Gasteiger partial charge in [-0.15, -0.1) is 0 Å². The maximum absolute atomic E-state index is 12.8. The Balaban J connectivity index is 1.08. The van der Waals surface area contributed by atoms with Crippen LogP contribution < -0.4 is 18.9 Å². The number of aliphatic carboxylic acids is 1. The van der Waals surface area contributed by atoms with E-state index in [0.29, 0.717) is 55.6 Å². The molecule has 0 radical (unpaired) electrons. The maximum atomic E-state index is 12.8. The van der Waals surface area contributed by atoms with Crippen LogP contribution in [0.3, 0.4) is 0 Å². The molecular weight excluding hydrogens is 792 g/mol. The molecule has 1 saturated heterocycles. The molecule has 1 saturated carbocycles. The average molecular weight is 835 g/mol. The first-order valence-corrected chi connectivity index (χ1v) is 19.7. The van der Waals surface area contributed by atoms with Gasteiger partial charge >= 0.3 is 5.97 Å². The van der Waals surface area contributed by atoms with Gasteiger partial charge < -0.3 is 59.4 Å². The first kappa shape index (κ1) is 39.9. The minimum atomic E-state index is -2.62. The molecule has 0 amide bonds. The second kappa shape index (κ2) is 15.2. The molecule has 3 aromatic carbocycles. The number of nitrogens with zero attached hydrogens (tertiary/aromatic N) is 3. The van der Waals surface area contributed by atoms with E-state index in [1.54, 1.807) is 54.6 Å². The number of carboxylic acids is 1. The van der Waals surface area contributed by atoms with Crippen molar-refractivity contribution in [3.8, 4) is 34.5 Å². The largest absolute Gasteiger partial charge is 0.508 e. The van der Waals surface area contributed by atoms with Crippen molar-refractivity contribution in [2.45, 2.75) is 73.5 Å². The lowest BCUT2D eigenvalue weighted by Gasteiger charge is -2.55. The van der Waals surface area contributed by atoms with Crippen molar-refractivity contribution in [3.05, 3.63) is 102 Å². The summed E-state index contributed by atoms with van der Waals surface area (Å²) in [7, 11) is 0. The fourth-order valence-electron chi connectivity index (χ4n) is 8.88. The van der Waals surface area contributed by atoms with Crippen LogP contribution in [-0.4, -0.2) is 108 Å². The third-order valence-electron chi connectivity index (χ3n) is 12.0. The highest BCUT2D eigenvalue weighted by Crippen LogP contribution is 2.56. The van der Waals surface area contributed by atoms with Crippen molar-refractivity contribution < 1.29 is 64.2 Å². The van der Waals surface area contributed by atoms with Crippen molar-refractivity contribution in [1.29, 1.82) is 5.41 Å². The molecule has 9 rings (SSSR count). The van der Waals surface area contributed by atoms with Gasteiger partial charge in [0.25, 0.3) is 0 Å². The summed E-state index contributed by atoms with van der Waals surface area (Å²) in [4.78, 5) is 25.0. The number of nitrogens with one attached hydrogen (secondary N) is 1. The van der Waals surface area contributed by atoms with Gasteiger partial charge in [0, 0.05) is 24.3 Å². The lowest BCUT2D eigenvalue weighted by atomic mass is 9.64. The monoisotopic (exact) mass is 834 g/mol. The number of hydrogen-bond donors (Lipinski definition) is 8. The summed E-state index contributed by atoms with van der Waals surface area (Å²) in [6.07, 6.45) is 4.00. The molecule has 2 fully saturated rings. The van der Waals surface area contributed by atoms with Gasteiger partial charge in [0.1, 0.15) is 64.2 Å². The van der Waals surface area contributed by atoms with Gasteiger partial charge in [-0.05, 0) is 79.3 Å². The van der Waals surface area contributed by atoms with Crippen LogP contribution in [0.5, 0.6) is 34.5 Å². The van der Waals surface area contributed by atoms with Crippen LogP contribution in [0.4, 0.5) is 0 Å². The summed E-state index contributed by atoms with van der Waals surface area (Å²) in [5.41, 5.74) is -4.32. The molecule has 316 valence electrons. The number of amidine groups is 1. The highest BCUT2D eigenvalue weighted by atomic mass is 16.7. The molecule has 0 aromatic heterocycles. The molecule has 4 heterocycles. The zero-order valence-electron chi connectivity index (χ0n) is 32.4. The number of phenols is 2. The topological polar surface area (TPSA) is 266 Å². The van der Waals surface area contributed by atoms with Gasteiger partial charge in [0.15, 0.2) is 23.2 Å². The van der Waals surface area contributed by atoms with Crippen molar-refractivity contribution in [3.63, 3.8) is 0 Å². The molecular formula is C44H42N4O13. The summed E-state index contributed by atoms with van der Waals surface area (Å²) >= 11 is 0. The molecule has 2 aliphatic carbocycles. The number of carbonyl (C=O) groups is 1. The number of hydrogen-bond acceptors (Lipinski definition) is 15. The predicted molar refractivity (Wildman–Crippen MR) is 218 cm³/mol. The van der Waals surface area contributed by atoms with E-state index in [9.17, 15) is 40.5 Å². The Kier molecular flexibility index (Phi) is 9.93. The Morgan fingerprint density at radius 3 is 2.49 bits per heavy atom. The van der Waals surface area contributed by atoms with Gasteiger partial charge in [-0.3, -0.25) is 10.4 Å². The van der Waals surface area contributed by atoms with Gasteiger partial charge in [-0.2, -0.15) is 0 Å². The van der Waals surface area contributed by atoms with Gasteiger partial charge in [0.05, 0.1) is 24.8 Å². The van der Waals surface area contributed by atoms with Crippen LogP contribution in [0.25, 0.3) is 5.76 Å². The van der Waals surface area contributed by atoms with Crippen molar-refractivity contribution in [2.24, 2.45) is 20.9 Å². The molecule has 3 aromatic rings. The number of rotatable bonds is 12. The Morgan fingerprint density at radius 1 is 1.02 bits per heavy atom. The summed E-state index contributed by atoms with van der Waals surface area (Å²) in [5.74, 6) is -3.90. The van der Waals surface area contributed by atoms with Gasteiger partial charge in [-0.1, -0.05) is 30.3 Å². The van der Waals surface area contributed by atoms with E-state index in [0.717, 1.165) is 11.8 Å². The van der Waals surface area contributed by atoms with E-state index in [-0.39, 0.29) is 52.4 Å². The zero-order chi connectivity index (χ0) is 42.7. The maximum Gasteiger partial charge on any atom is 0.336 e. The van der Waals surface area contributed by atoms with Crippen LogP contribution in [0.15, 0.2) is 100.0 Å². The second-order valence-electron chi connectivity index (χ2n) is 15.8. The molecule has 1 unspecified atom stereocenters. The lowest BCUT2D eigenvalue weighted by Crippen LogP contribution is -2.78. The predicted octanol–water partition coefficient (Wildman–Crippen LogP) is 4.42. The van der Waals surface area contributed by atoms with E-state index in [4.69, 9.17) is 29.1 Å². The standard InChI is InChI=1S/C44H42N4O13/c45-34-11-8-25(48-34)13-17-57-27-9-6-23(7-10-27)31-19-30(50)35-32(58-31)20-33(37(36(35)51)61-42(14-1-2-15-42)24-4-3-5-26(49)18-24)59-41-43(55)16-12-28(29-21-46-22-47-29)44(56,40(43)54)38(60-41)39(52)53/h3-12,16,18-20,22,28,31,38,40-41,45,49-51,54-56H,1-2,13-15,17,21H2,(H,52,53)/t28-,31?,38+,40-,41+,43+,44+/m0/s1. The average Bonchev–Trinajstić information content (AvgIpc) is 4.03. The van der Waals surface area contributed by atoms with Crippen LogP contribution in [0.1, 0.15) is 54.9 Å². The van der Waals surface area contributed by atoms with E-state index >= 15 is 0 Å². The minimum Gasteiger partial charge on any atom is -0.508 e. The van der Waals surface area contributed by atoms with Gasteiger partial charge in [0.2, 0.25) is 12.0 Å². The number of aliphatic hydroxyl groups is 4. The highest BCUT2D eigenvalue weighted by Gasteiger charge is 2.70. The molecule has 61 heavy (non-hydrogen) atoms. The SMILES string of the molecule is N=C1C=CC(CCOc2ccc(C3C=C(O)c4c(cc(O[C@@H]5O[C@H](C(=O)O)[C@]6(O)[C@H](C7=NC=NC7)C=C[C@@]5(O)[C@@H]6O)c(OC5(c6cccc(O)c6)CCCC5)c4O)O3)cc2)=N1. The summed E-state index contributed by atoms with van der Waals surface area (Å²) in [6, 6.07) is 14.7. The Hall–Kier alpha value is -6.53. The number of aliphatic hydroxyl groups excluding tert-OH is 2. The number of aliphatic imine (C=N–C) groups is 3. The number of fused-ring (bicyclic) bond motifs is 3. The molecule has 2 bridgehead atoms. The molecule has 6 aliphatic rings. The number of aromatic hydroxyl groups is 2. The first-order valence-electron chi connectivity index (χ1n) is 19.7. The third-order valence-corrected chi connectivity index (χ3v) is 12.0. The molecule has 4 aliphatic heterocycles. The van der Waals surface area contributed by atoms with Gasteiger partial charge in [-0.25, -0.2) is 14.8 Å². The fraction of sp³-hybridized carbons (Fsp3) is 0.341. The number of phenolic OH excluding ortho intramolecular Hbond substituents is 2. The number of benzene rings is 3. The normalized spacial score (nSPS) is 29.3. The minimum absolute atomic E-state index is 0.0201. The lowest BCUT2D eigenvalue weighted by molar-refractivity contribution is -0.337. The van der Waals surface area contributed by atoms with E-state index in [1.807, 2.05) is 0 Å². The molecule has 8 N–H and O–H groups in total. The number of ether oxygens (including phenoxy) is 5. The molecule has 17 heteroatoms. The summed E-state index contributed by atoms with van der Waals surface area (Å²) in [6.45, 7) is 0.347. The van der Waals surface area contributed by atoms with Crippen molar-refractivity contribution in [2.75, 3.05) is 13.2 Å². The van der Waals surface area contributed by atoms with Crippen LogP contribution in [0, 0.1) is 11.3 Å². The third kappa shape index (κ3) is 6.88. The number of allylic oxidation sites excluding steroid dienone is 1. The van der Waals surface area contributed by atoms with Crippen LogP contribution >= 0.6 is 0 Å². The fourth-order valence-corrected chi connectivity index (χ4v) is 8.88. The number of carboxylic acid groups (broad SMARTS) is 1. The molecule has 7 atom stereocenters. The summed E-state index contributed by atoms with van der Waals surface area (Å²) < 4.78 is 31.1. The van der Waals surface area contributed by atoms with Crippen molar-refractivity contribution in [1.82, 2.24) is 0 Å². The van der Waals surface area contributed by atoms with E-state index in [1.165, 1.54) is 30.6 Å². The second-order valence-corrected chi connectivity index (χ2v) is 15.8. The molecule has 0 spiro atoms. The molecule has 17 nitrogen and oxygen atoms in total.